The summed E-state index contributed by atoms with van der Waals surface area (Å²) < 4.78 is 38.4. The third-order valence-electron chi connectivity index (χ3n) is 3.87. The lowest BCUT2D eigenvalue weighted by Gasteiger charge is -2.10. The largest absolute Gasteiger partial charge is 0.481 e. The van der Waals surface area contributed by atoms with Gasteiger partial charge < -0.3 is 15.4 Å². The zero-order valence-electron chi connectivity index (χ0n) is 13.4. The molecule has 0 bridgehead atoms. The van der Waals surface area contributed by atoms with Crippen molar-refractivity contribution in [2.24, 2.45) is 0 Å². The SMILES string of the molecule is Cl.O=C(O)Cc1c(NCc2cccc(C(F)(F)F)c2)[nH]c2ccccc12. The van der Waals surface area contributed by atoms with Crippen molar-refractivity contribution in [3.63, 3.8) is 0 Å². The van der Waals surface area contributed by atoms with E-state index < -0.39 is 17.7 Å². The molecule has 138 valence electrons. The number of nitrogens with one attached hydrogen (secondary N) is 2. The predicted octanol–water partition coefficient (Wildman–Crippen LogP) is 4.85. The van der Waals surface area contributed by atoms with Crippen molar-refractivity contribution in [3.8, 4) is 0 Å². The lowest BCUT2D eigenvalue weighted by atomic mass is 10.1. The van der Waals surface area contributed by atoms with Gasteiger partial charge in [-0.3, -0.25) is 4.79 Å². The Labute approximate surface area is 153 Å². The summed E-state index contributed by atoms with van der Waals surface area (Å²) in [4.78, 5) is 14.2. The number of benzene rings is 2. The van der Waals surface area contributed by atoms with Crippen molar-refractivity contribution in [2.75, 3.05) is 5.32 Å². The van der Waals surface area contributed by atoms with Crippen LogP contribution < -0.4 is 5.32 Å². The summed E-state index contributed by atoms with van der Waals surface area (Å²) in [5.74, 6) is -0.479. The summed E-state index contributed by atoms with van der Waals surface area (Å²) in [6, 6.07) is 12.3. The third-order valence-corrected chi connectivity index (χ3v) is 3.87. The molecule has 0 spiro atoms. The molecule has 8 heteroatoms. The Morgan fingerprint density at radius 2 is 1.85 bits per heavy atom. The summed E-state index contributed by atoms with van der Waals surface area (Å²) in [7, 11) is 0. The first-order chi connectivity index (χ1) is 11.8. The van der Waals surface area contributed by atoms with Crippen molar-refractivity contribution >= 4 is 35.1 Å². The molecule has 0 amide bonds. The normalized spacial score (nSPS) is 11.2. The van der Waals surface area contributed by atoms with Crippen molar-refractivity contribution in [3.05, 3.63) is 65.2 Å². The predicted molar refractivity (Wildman–Crippen MR) is 95.7 cm³/mol. The molecule has 3 aromatic rings. The van der Waals surface area contributed by atoms with E-state index in [0.29, 0.717) is 16.9 Å². The molecular formula is C18H16ClF3N2O2. The van der Waals surface area contributed by atoms with Gasteiger partial charge in [0.2, 0.25) is 0 Å². The minimum atomic E-state index is -4.40. The minimum absolute atomic E-state index is 0. The van der Waals surface area contributed by atoms with E-state index in [1.807, 2.05) is 12.1 Å². The van der Waals surface area contributed by atoms with E-state index in [4.69, 9.17) is 5.11 Å². The maximum Gasteiger partial charge on any atom is 0.416 e. The fourth-order valence-electron chi connectivity index (χ4n) is 2.73. The van der Waals surface area contributed by atoms with Crippen LogP contribution in [0.4, 0.5) is 19.0 Å². The van der Waals surface area contributed by atoms with Crippen molar-refractivity contribution in [1.29, 1.82) is 0 Å². The molecule has 3 rings (SSSR count). The molecule has 0 aliphatic heterocycles. The fourth-order valence-corrected chi connectivity index (χ4v) is 2.73. The van der Waals surface area contributed by atoms with Crippen LogP contribution in [0.25, 0.3) is 10.9 Å². The number of halogens is 4. The summed E-state index contributed by atoms with van der Waals surface area (Å²) in [6.07, 6.45) is -4.58. The highest BCUT2D eigenvalue weighted by atomic mass is 35.5. The van der Waals surface area contributed by atoms with Gasteiger partial charge in [0, 0.05) is 23.0 Å². The van der Waals surface area contributed by atoms with E-state index in [1.165, 1.54) is 6.07 Å². The number of aromatic nitrogens is 1. The molecule has 1 heterocycles. The van der Waals surface area contributed by atoms with Crippen LogP contribution in [0.2, 0.25) is 0 Å². The number of hydrogen-bond donors (Lipinski definition) is 3. The monoisotopic (exact) mass is 384 g/mol. The number of anilines is 1. The van der Waals surface area contributed by atoms with E-state index in [0.717, 1.165) is 23.0 Å². The number of hydrogen-bond acceptors (Lipinski definition) is 2. The van der Waals surface area contributed by atoms with Crippen LogP contribution in [0.5, 0.6) is 0 Å². The topological polar surface area (TPSA) is 65.1 Å². The van der Waals surface area contributed by atoms with Crippen LogP contribution in [0.15, 0.2) is 48.5 Å². The first kappa shape index (κ1) is 19.7. The van der Waals surface area contributed by atoms with Gasteiger partial charge in [0.1, 0.15) is 5.82 Å². The maximum atomic E-state index is 12.8. The number of H-pyrrole nitrogens is 1. The number of rotatable bonds is 5. The minimum Gasteiger partial charge on any atom is -0.481 e. The van der Waals surface area contributed by atoms with E-state index in [2.05, 4.69) is 10.3 Å². The Morgan fingerprint density at radius 1 is 1.12 bits per heavy atom. The number of aromatic amines is 1. The van der Waals surface area contributed by atoms with Crippen LogP contribution >= 0.6 is 12.4 Å². The second-order valence-electron chi connectivity index (χ2n) is 5.65. The lowest BCUT2D eigenvalue weighted by Crippen LogP contribution is -2.08. The molecule has 4 nitrogen and oxygen atoms in total. The van der Waals surface area contributed by atoms with Gasteiger partial charge in [0.25, 0.3) is 0 Å². The average molecular weight is 385 g/mol. The Kier molecular flexibility index (Phi) is 5.82. The molecule has 0 fully saturated rings. The number of aliphatic carboxylic acids is 1. The second kappa shape index (κ2) is 7.70. The van der Waals surface area contributed by atoms with Gasteiger partial charge in [-0.1, -0.05) is 30.3 Å². The smallest absolute Gasteiger partial charge is 0.416 e. The molecule has 1 aromatic heterocycles. The molecule has 3 N–H and O–H groups in total. The quantitative estimate of drug-likeness (QED) is 0.589. The van der Waals surface area contributed by atoms with Gasteiger partial charge in [-0.25, -0.2) is 0 Å². The molecule has 0 atom stereocenters. The van der Waals surface area contributed by atoms with E-state index in [9.17, 15) is 18.0 Å². The average Bonchev–Trinajstić information content (AvgIpc) is 2.90. The molecule has 0 unspecified atom stereocenters. The molecule has 26 heavy (non-hydrogen) atoms. The first-order valence-corrected chi connectivity index (χ1v) is 7.56. The highest BCUT2D eigenvalue weighted by Crippen LogP contribution is 2.30. The van der Waals surface area contributed by atoms with Gasteiger partial charge in [-0.05, 0) is 23.8 Å². The van der Waals surface area contributed by atoms with Crippen LogP contribution in [0.1, 0.15) is 16.7 Å². The summed E-state index contributed by atoms with van der Waals surface area (Å²) in [5.41, 5.74) is 1.09. The second-order valence-corrected chi connectivity index (χ2v) is 5.65. The Bertz CT molecular complexity index is 922. The third kappa shape index (κ3) is 4.29. The van der Waals surface area contributed by atoms with Gasteiger partial charge in [-0.2, -0.15) is 13.2 Å². The van der Waals surface area contributed by atoms with Crippen LogP contribution in [0.3, 0.4) is 0 Å². The van der Waals surface area contributed by atoms with Crippen molar-refractivity contribution < 1.29 is 23.1 Å². The van der Waals surface area contributed by atoms with Gasteiger partial charge in [0.05, 0.1) is 12.0 Å². The first-order valence-electron chi connectivity index (χ1n) is 7.56. The number of para-hydroxylation sites is 1. The zero-order valence-corrected chi connectivity index (χ0v) is 14.2. The molecule has 0 aliphatic carbocycles. The van der Waals surface area contributed by atoms with Crippen molar-refractivity contribution in [1.82, 2.24) is 4.98 Å². The molecule has 0 radical (unpaired) electrons. The van der Waals surface area contributed by atoms with E-state index in [1.54, 1.807) is 18.2 Å². The van der Waals surface area contributed by atoms with Crippen LogP contribution in [0, 0.1) is 0 Å². The molecular weight excluding hydrogens is 369 g/mol. The number of carboxylic acid groups (broad SMARTS) is 1. The van der Waals surface area contributed by atoms with Crippen LogP contribution in [-0.4, -0.2) is 16.1 Å². The number of carbonyl (C=O) groups is 1. The van der Waals surface area contributed by atoms with E-state index >= 15 is 0 Å². The number of carboxylic acids is 1. The summed E-state index contributed by atoms with van der Waals surface area (Å²) >= 11 is 0. The molecule has 0 saturated carbocycles. The van der Waals surface area contributed by atoms with Crippen molar-refractivity contribution in [2.45, 2.75) is 19.1 Å². The summed E-state index contributed by atoms with van der Waals surface area (Å²) in [6.45, 7) is 0.142. The number of alkyl halides is 3. The molecule has 0 aliphatic rings. The number of fused-ring (bicyclic) bond motifs is 1. The van der Waals surface area contributed by atoms with E-state index in [-0.39, 0.29) is 25.4 Å². The zero-order chi connectivity index (χ0) is 18.0. The van der Waals surface area contributed by atoms with Gasteiger partial charge >= 0.3 is 12.1 Å². The molecule has 0 saturated heterocycles. The summed E-state index contributed by atoms with van der Waals surface area (Å²) in [5, 5.41) is 12.9. The highest BCUT2D eigenvalue weighted by Gasteiger charge is 2.30. The Balaban J connectivity index is 0.00000243. The highest BCUT2D eigenvalue weighted by molar-refractivity contribution is 5.92. The Morgan fingerprint density at radius 3 is 2.54 bits per heavy atom. The molecule has 2 aromatic carbocycles. The van der Waals surface area contributed by atoms with Gasteiger partial charge in [-0.15, -0.1) is 12.4 Å². The maximum absolute atomic E-state index is 12.8. The fraction of sp³-hybridized carbons (Fsp3) is 0.167. The van der Waals surface area contributed by atoms with Gasteiger partial charge in [0.15, 0.2) is 0 Å². The standard InChI is InChI=1S/C18H15F3N2O2.ClH/c19-18(20,21)12-5-3-4-11(8-12)10-22-17-14(9-16(24)25)13-6-1-2-7-15(13)23-17;/h1-8,22-23H,9-10H2,(H,24,25);1H. The lowest BCUT2D eigenvalue weighted by molar-refractivity contribution is -0.138. The Hall–Kier alpha value is -2.67. The van der Waals surface area contributed by atoms with Crippen LogP contribution in [-0.2, 0) is 23.9 Å².